The van der Waals surface area contributed by atoms with Gasteiger partial charge in [-0.1, -0.05) is 34.5 Å². The molecule has 0 aliphatic rings. The predicted octanol–water partition coefficient (Wildman–Crippen LogP) is 5.52. The van der Waals surface area contributed by atoms with Gasteiger partial charge in [-0.05, 0) is 42.3 Å². The first-order chi connectivity index (χ1) is 11.6. The van der Waals surface area contributed by atoms with E-state index in [0.29, 0.717) is 23.9 Å². The van der Waals surface area contributed by atoms with Crippen LogP contribution < -0.4 is 19.5 Å². The second-order valence-corrected chi connectivity index (χ2v) is 6.41. The van der Waals surface area contributed by atoms with Crippen molar-refractivity contribution in [3.8, 4) is 17.2 Å². The van der Waals surface area contributed by atoms with E-state index in [1.165, 1.54) is 0 Å². The second kappa shape index (κ2) is 9.04. The van der Waals surface area contributed by atoms with Crippen LogP contribution in [0.1, 0.15) is 18.9 Å². The van der Waals surface area contributed by atoms with Crippen LogP contribution in [0.3, 0.4) is 0 Å². The lowest BCUT2D eigenvalue weighted by molar-refractivity contribution is 0.294. The fourth-order valence-corrected chi connectivity index (χ4v) is 2.89. The van der Waals surface area contributed by atoms with E-state index in [0.717, 1.165) is 33.6 Å². The van der Waals surface area contributed by atoms with E-state index in [4.69, 9.17) is 25.8 Å². The first kappa shape index (κ1) is 18.7. The SMILES string of the molecule is CCCOc1cc(Br)c(CNc2ccc(OC)c(Cl)c2)cc1OC. The number of halogens is 2. The molecule has 0 saturated carbocycles. The van der Waals surface area contributed by atoms with E-state index < -0.39 is 0 Å². The average molecular weight is 415 g/mol. The lowest BCUT2D eigenvalue weighted by Crippen LogP contribution is -2.03. The van der Waals surface area contributed by atoms with Crippen molar-refractivity contribution in [2.75, 3.05) is 26.1 Å². The molecule has 0 amide bonds. The van der Waals surface area contributed by atoms with Crippen molar-refractivity contribution in [1.82, 2.24) is 0 Å². The largest absolute Gasteiger partial charge is 0.495 e. The fourth-order valence-electron chi connectivity index (χ4n) is 2.17. The summed E-state index contributed by atoms with van der Waals surface area (Å²) in [4.78, 5) is 0. The van der Waals surface area contributed by atoms with Crippen LogP contribution >= 0.6 is 27.5 Å². The van der Waals surface area contributed by atoms with Crippen molar-refractivity contribution in [3.05, 3.63) is 45.4 Å². The van der Waals surface area contributed by atoms with Crippen LogP contribution in [0.4, 0.5) is 5.69 Å². The summed E-state index contributed by atoms with van der Waals surface area (Å²) in [6, 6.07) is 9.50. The molecule has 0 radical (unpaired) electrons. The number of anilines is 1. The lowest BCUT2D eigenvalue weighted by Gasteiger charge is -2.15. The Morgan fingerprint density at radius 3 is 2.42 bits per heavy atom. The van der Waals surface area contributed by atoms with Crippen molar-refractivity contribution >= 4 is 33.2 Å². The molecule has 0 saturated heterocycles. The molecule has 2 rings (SSSR count). The Hall–Kier alpha value is -1.59. The van der Waals surface area contributed by atoms with Gasteiger partial charge in [-0.15, -0.1) is 0 Å². The van der Waals surface area contributed by atoms with Crippen LogP contribution in [-0.2, 0) is 6.54 Å². The number of hydrogen-bond acceptors (Lipinski definition) is 4. The summed E-state index contributed by atoms with van der Waals surface area (Å²) < 4.78 is 17.3. The molecule has 24 heavy (non-hydrogen) atoms. The molecule has 0 fully saturated rings. The molecule has 0 aromatic heterocycles. The molecule has 0 atom stereocenters. The minimum absolute atomic E-state index is 0.572. The van der Waals surface area contributed by atoms with Crippen LogP contribution in [-0.4, -0.2) is 20.8 Å². The van der Waals surface area contributed by atoms with Gasteiger partial charge < -0.3 is 19.5 Å². The normalized spacial score (nSPS) is 10.4. The van der Waals surface area contributed by atoms with E-state index in [2.05, 4.69) is 28.2 Å². The molecule has 6 heteroatoms. The third-order valence-corrected chi connectivity index (χ3v) is 4.46. The summed E-state index contributed by atoms with van der Waals surface area (Å²) in [5, 5.41) is 3.91. The minimum atomic E-state index is 0.572. The molecule has 0 heterocycles. The van der Waals surface area contributed by atoms with Crippen molar-refractivity contribution < 1.29 is 14.2 Å². The van der Waals surface area contributed by atoms with Gasteiger partial charge in [0.15, 0.2) is 11.5 Å². The molecule has 0 bridgehead atoms. The fraction of sp³-hybridized carbons (Fsp3) is 0.333. The van der Waals surface area contributed by atoms with Gasteiger partial charge in [0.1, 0.15) is 5.75 Å². The molecule has 0 aliphatic heterocycles. The number of rotatable bonds is 8. The molecule has 0 spiro atoms. The van der Waals surface area contributed by atoms with Crippen molar-refractivity contribution in [3.63, 3.8) is 0 Å². The predicted molar refractivity (Wildman–Crippen MR) is 102 cm³/mol. The first-order valence-electron chi connectivity index (χ1n) is 7.65. The Balaban J connectivity index is 2.13. The Kier molecular flexibility index (Phi) is 7.06. The molecule has 2 aromatic rings. The smallest absolute Gasteiger partial charge is 0.162 e. The van der Waals surface area contributed by atoms with Crippen molar-refractivity contribution in [2.24, 2.45) is 0 Å². The van der Waals surface area contributed by atoms with Gasteiger partial charge in [0, 0.05) is 16.7 Å². The third-order valence-electron chi connectivity index (χ3n) is 3.43. The first-order valence-corrected chi connectivity index (χ1v) is 8.82. The monoisotopic (exact) mass is 413 g/mol. The van der Waals surface area contributed by atoms with Crippen LogP contribution in [0.15, 0.2) is 34.8 Å². The number of hydrogen-bond donors (Lipinski definition) is 1. The third kappa shape index (κ3) is 4.71. The van der Waals surface area contributed by atoms with Gasteiger partial charge in [0.05, 0.1) is 25.8 Å². The Bertz CT molecular complexity index is 694. The highest BCUT2D eigenvalue weighted by Gasteiger charge is 2.10. The molecule has 0 aliphatic carbocycles. The highest BCUT2D eigenvalue weighted by Crippen LogP contribution is 2.34. The van der Waals surface area contributed by atoms with Gasteiger partial charge in [-0.25, -0.2) is 0 Å². The van der Waals surface area contributed by atoms with Gasteiger partial charge in [0.25, 0.3) is 0 Å². The maximum Gasteiger partial charge on any atom is 0.162 e. The molecule has 4 nitrogen and oxygen atoms in total. The van der Waals surface area contributed by atoms with Crippen molar-refractivity contribution in [2.45, 2.75) is 19.9 Å². The van der Waals surface area contributed by atoms with Gasteiger partial charge in [0.2, 0.25) is 0 Å². The quantitative estimate of drug-likeness (QED) is 0.617. The number of benzene rings is 2. The number of ether oxygens (including phenoxy) is 3. The summed E-state index contributed by atoms with van der Waals surface area (Å²) in [6.07, 6.45) is 0.947. The summed E-state index contributed by atoms with van der Waals surface area (Å²) in [7, 11) is 3.24. The Morgan fingerprint density at radius 1 is 1.04 bits per heavy atom. The van der Waals surface area contributed by atoms with Gasteiger partial charge in [-0.3, -0.25) is 0 Å². The minimum Gasteiger partial charge on any atom is -0.495 e. The van der Waals surface area contributed by atoms with Crippen LogP contribution in [0, 0.1) is 0 Å². The zero-order valence-corrected chi connectivity index (χ0v) is 16.3. The zero-order valence-electron chi connectivity index (χ0n) is 14.0. The summed E-state index contributed by atoms with van der Waals surface area (Å²) >= 11 is 9.74. The van der Waals surface area contributed by atoms with Crippen molar-refractivity contribution in [1.29, 1.82) is 0 Å². The van der Waals surface area contributed by atoms with Gasteiger partial charge in [-0.2, -0.15) is 0 Å². The van der Waals surface area contributed by atoms with Crippen LogP contribution in [0.5, 0.6) is 17.2 Å². The highest BCUT2D eigenvalue weighted by atomic mass is 79.9. The molecule has 130 valence electrons. The molecule has 2 aromatic carbocycles. The average Bonchev–Trinajstić information content (AvgIpc) is 2.59. The molecule has 1 N–H and O–H groups in total. The van der Waals surface area contributed by atoms with Gasteiger partial charge >= 0.3 is 0 Å². The maximum atomic E-state index is 6.15. The highest BCUT2D eigenvalue weighted by molar-refractivity contribution is 9.10. The van der Waals surface area contributed by atoms with E-state index in [-0.39, 0.29) is 0 Å². The number of methoxy groups -OCH3 is 2. The maximum absolute atomic E-state index is 6.15. The topological polar surface area (TPSA) is 39.7 Å². The lowest BCUT2D eigenvalue weighted by atomic mass is 10.2. The zero-order chi connectivity index (χ0) is 17.5. The molecule has 0 unspecified atom stereocenters. The molecular weight excluding hydrogens is 394 g/mol. The summed E-state index contributed by atoms with van der Waals surface area (Å²) in [5.74, 6) is 2.11. The standard InChI is InChI=1S/C18H21BrClNO3/c1-4-7-24-18-10-14(19)12(8-17(18)23-3)11-21-13-5-6-16(22-2)15(20)9-13/h5-6,8-10,21H,4,7,11H2,1-3H3. The second-order valence-electron chi connectivity index (χ2n) is 5.15. The van der Waals surface area contributed by atoms with E-state index >= 15 is 0 Å². The number of nitrogens with one attached hydrogen (secondary N) is 1. The Morgan fingerprint density at radius 2 is 1.79 bits per heavy atom. The van der Waals surface area contributed by atoms with E-state index in [9.17, 15) is 0 Å². The van der Waals surface area contributed by atoms with E-state index in [1.54, 1.807) is 14.2 Å². The Labute approximate surface area is 156 Å². The molecular formula is C18H21BrClNO3. The van der Waals surface area contributed by atoms with E-state index in [1.807, 2.05) is 30.3 Å². The van der Waals surface area contributed by atoms with Crippen LogP contribution in [0.2, 0.25) is 5.02 Å². The summed E-state index contributed by atoms with van der Waals surface area (Å²) in [6.45, 7) is 3.35. The summed E-state index contributed by atoms with van der Waals surface area (Å²) in [5.41, 5.74) is 1.97. The van der Waals surface area contributed by atoms with Crippen LogP contribution in [0.25, 0.3) is 0 Å².